The number of piperidine rings is 1. The second kappa shape index (κ2) is 4.30. The average molecular weight is 224 g/mol. The maximum absolute atomic E-state index is 2.78. The zero-order valence-corrected chi connectivity index (χ0v) is 11.7. The Labute approximate surface area is 101 Å². The first-order valence-electron chi connectivity index (χ1n) is 6.92. The van der Waals surface area contributed by atoms with Crippen LogP contribution in [0.4, 0.5) is 0 Å². The first-order valence-corrected chi connectivity index (χ1v) is 6.92. The molecule has 2 bridgehead atoms. The third-order valence-corrected chi connectivity index (χ3v) is 4.33. The standard InChI is InChI=1S/C14H28N2/c1-11(2)16-12-7-6-8-13(16)10-15(9-12)14(3,4)5/h11-13H,6-10H2,1-5H3. The lowest BCUT2D eigenvalue weighted by Gasteiger charge is -2.55. The molecule has 2 nitrogen and oxygen atoms in total. The monoisotopic (exact) mass is 224 g/mol. The molecule has 2 fully saturated rings. The van der Waals surface area contributed by atoms with E-state index in [-0.39, 0.29) is 0 Å². The molecule has 0 spiro atoms. The summed E-state index contributed by atoms with van der Waals surface area (Å²) in [5, 5.41) is 0. The van der Waals surface area contributed by atoms with Crippen molar-refractivity contribution in [1.29, 1.82) is 0 Å². The van der Waals surface area contributed by atoms with Crippen LogP contribution in [0.3, 0.4) is 0 Å². The number of hydrogen-bond acceptors (Lipinski definition) is 2. The summed E-state index contributed by atoms with van der Waals surface area (Å²) in [7, 11) is 0. The Bertz CT molecular complexity index is 228. The Kier molecular flexibility index (Phi) is 3.33. The van der Waals surface area contributed by atoms with Gasteiger partial charge in [0.25, 0.3) is 0 Å². The maximum Gasteiger partial charge on any atom is 0.0229 e. The summed E-state index contributed by atoms with van der Waals surface area (Å²) in [5.74, 6) is 0. The first kappa shape index (κ1) is 12.4. The van der Waals surface area contributed by atoms with Crippen LogP contribution in [0, 0.1) is 0 Å². The molecular weight excluding hydrogens is 196 g/mol. The highest BCUT2D eigenvalue weighted by Gasteiger charge is 2.41. The number of nitrogens with zero attached hydrogens (tertiary/aromatic N) is 2. The van der Waals surface area contributed by atoms with Gasteiger partial charge >= 0.3 is 0 Å². The van der Waals surface area contributed by atoms with Crippen LogP contribution in [0.5, 0.6) is 0 Å². The fraction of sp³-hybridized carbons (Fsp3) is 1.00. The van der Waals surface area contributed by atoms with Gasteiger partial charge in [-0.1, -0.05) is 6.42 Å². The van der Waals surface area contributed by atoms with Gasteiger partial charge in [0, 0.05) is 36.8 Å². The Balaban J connectivity index is 2.12. The van der Waals surface area contributed by atoms with Crippen LogP contribution in [-0.4, -0.2) is 46.6 Å². The van der Waals surface area contributed by atoms with E-state index in [1.165, 1.54) is 32.4 Å². The molecule has 0 aromatic heterocycles. The highest BCUT2D eigenvalue weighted by molar-refractivity contribution is 4.97. The van der Waals surface area contributed by atoms with E-state index >= 15 is 0 Å². The SMILES string of the molecule is CC(C)N1C2CCCC1CN(C(C)(C)C)C2. The molecule has 2 unspecified atom stereocenters. The van der Waals surface area contributed by atoms with Crippen LogP contribution >= 0.6 is 0 Å². The summed E-state index contributed by atoms with van der Waals surface area (Å²) in [5.41, 5.74) is 0.344. The molecule has 0 N–H and O–H groups in total. The Hall–Kier alpha value is -0.0800. The van der Waals surface area contributed by atoms with Crippen molar-refractivity contribution in [2.75, 3.05) is 13.1 Å². The van der Waals surface area contributed by atoms with Crippen LogP contribution in [0.15, 0.2) is 0 Å². The lowest BCUT2D eigenvalue weighted by molar-refractivity contribution is -0.0575. The maximum atomic E-state index is 2.78. The predicted molar refractivity (Wildman–Crippen MR) is 69.7 cm³/mol. The minimum atomic E-state index is 0.344. The Morgan fingerprint density at radius 1 is 1.00 bits per heavy atom. The van der Waals surface area contributed by atoms with E-state index in [0.717, 1.165) is 18.1 Å². The number of rotatable bonds is 1. The van der Waals surface area contributed by atoms with Gasteiger partial charge in [-0.15, -0.1) is 0 Å². The molecule has 94 valence electrons. The fourth-order valence-electron chi connectivity index (χ4n) is 3.53. The van der Waals surface area contributed by atoms with Crippen LogP contribution < -0.4 is 0 Å². The molecule has 0 aromatic carbocycles. The van der Waals surface area contributed by atoms with Gasteiger partial charge in [0.2, 0.25) is 0 Å². The number of likely N-dealkylation sites (tertiary alicyclic amines) is 1. The summed E-state index contributed by atoms with van der Waals surface area (Å²) in [6.07, 6.45) is 4.25. The van der Waals surface area contributed by atoms with Gasteiger partial charge in [0.05, 0.1) is 0 Å². The number of fused-ring (bicyclic) bond motifs is 2. The largest absolute Gasteiger partial charge is 0.295 e. The molecule has 0 aromatic rings. The minimum absolute atomic E-state index is 0.344. The van der Waals surface area contributed by atoms with E-state index < -0.39 is 0 Å². The molecule has 0 aliphatic carbocycles. The summed E-state index contributed by atoms with van der Waals surface area (Å²) in [6, 6.07) is 2.34. The van der Waals surface area contributed by atoms with Crippen molar-refractivity contribution >= 4 is 0 Å². The predicted octanol–water partition coefficient (Wildman–Crippen LogP) is 2.73. The Morgan fingerprint density at radius 3 is 1.88 bits per heavy atom. The van der Waals surface area contributed by atoms with Crippen molar-refractivity contribution in [1.82, 2.24) is 9.80 Å². The van der Waals surface area contributed by atoms with E-state index in [1.807, 2.05) is 0 Å². The van der Waals surface area contributed by atoms with Crippen molar-refractivity contribution in [3.8, 4) is 0 Å². The van der Waals surface area contributed by atoms with Gasteiger partial charge in [-0.2, -0.15) is 0 Å². The van der Waals surface area contributed by atoms with Crippen LogP contribution in [0.2, 0.25) is 0 Å². The van der Waals surface area contributed by atoms with E-state index in [9.17, 15) is 0 Å². The molecule has 2 rings (SSSR count). The van der Waals surface area contributed by atoms with Gasteiger partial charge in [0.15, 0.2) is 0 Å². The smallest absolute Gasteiger partial charge is 0.0229 e. The highest BCUT2D eigenvalue weighted by Crippen LogP contribution is 2.33. The average Bonchev–Trinajstić information content (AvgIpc) is 2.13. The topological polar surface area (TPSA) is 6.48 Å². The second-order valence-electron chi connectivity index (χ2n) is 6.86. The van der Waals surface area contributed by atoms with Crippen LogP contribution in [-0.2, 0) is 0 Å². The van der Waals surface area contributed by atoms with E-state index in [0.29, 0.717) is 5.54 Å². The Morgan fingerprint density at radius 2 is 1.50 bits per heavy atom. The highest BCUT2D eigenvalue weighted by atomic mass is 15.3. The van der Waals surface area contributed by atoms with E-state index in [1.54, 1.807) is 0 Å². The lowest BCUT2D eigenvalue weighted by Crippen LogP contribution is -2.65. The zero-order chi connectivity index (χ0) is 11.9. The summed E-state index contributed by atoms with van der Waals surface area (Å²) < 4.78 is 0. The van der Waals surface area contributed by atoms with Gasteiger partial charge in [0.1, 0.15) is 0 Å². The van der Waals surface area contributed by atoms with Gasteiger partial charge < -0.3 is 0 Å². The third kappa shape index (κ3) is 2.28. The van der Waals surface area contributed by atoms with Gasteiger partial charge in [-0.25, -0.2) is 0 Å². The van der Waals surface area contributed by atoms with Gasteiger partial charge in [-0.3, -0.25) is 9.80 Å². The molecule has 0 saturated carbocycles. The molecule has 16 heavy (non-hydrogen) atoms. The van der Waals surface area contributed by atoms with Crippen molar-refractivity contribution in [3.05, 3.63) is 0 Å². The van der Waals surface area contributed by atoms with Crippen molar-refractivity contribution in [3.63, 3.8) is 0 Å². The van der Waals surface area contributed by atoms with E-state index in [4.69, 9.17) is 0 Å². The van der Waals surface area contributed by atoms with E-state index in [2.05, 4.69) is 44.4 Å². The normalized spacial score (nSPS) is 33.4. The van der Waals surface area contributed by atoms with Crippen molar-refractivity contribution in [2.45, 2.75) is 77.5 Å². The summed E-state index contributed by atoms with van der Waals surface area (Å²) in [6.45, 7) is 14.3. The van der Waals surface area contributed by atoms with Crippen LogP contribution in [0.25, 0.3) is 0 Å². The fourth-order valence-corrected chi connectivity index (χ4v) is 3.53. The molecule has 2 saturated heterocycles. The molecule has 2 heteroatoms. The van der Waals surface area contributed by atoms with Crippen molar-refractivity contribution < 1.29 is 0 Å². The molecule has 0 amide bonds. The van der Waals surface area contributed by atoms with Gasteiger partial charge in [-0.05, 0) is 47.5 Å². The zero-order valence-electron chi connectivity index (χ0n) is 11.7. The summed E-state index contributed by atoms with van der Waals surface area (Å²) in [4.78, 5) is 5.48. The number of piperazine rings is 1. The molecule has 2 heterocycles. The lowest BCUT2D eigenvalue weighted by atomic mass is 9.87. The summed E-state index contributed by atoms with van der Waals surface area (Å²) >= 11 is 0. The minimum Gasteiger partial charge on any atom is -0.295 e. The molecule has 2 atom stereocenters. The molecule has 2 aliphatic heterocycles. The van der Waals surface area contributed by atoms with Crippen molar-refractivity contribution in [2.24, 2.45) is 0 Å². The third-order valence-electron chi connectivity index (χ3n) is 4.33. The van der Waals surface area contributed by atoms with Crippen LogP contribution in [0.1, 0.15) is 53.9 Å². The first-order chi connectivity index (χ1) is 7.39. The number of hydrogen-bond donors (Lipinski definition) is 0. The second-order valence-corrected chi connectivity index (χ2v) is 6.86. The molecule has 2 aliphatic rings. The quantitative estimate of drug-likeness (QED) is 0.676. The molecule has 0 radical (unpaired) electrons. The molecular formula is C14H28N2.